The molecule has 0 aromatic carbocycles. The molecule has 1 fully saturated rings. The first-order valence-corrected chi connectivity index (χ1v) is 6.35. The van der Waals surface area contributed by atoms with Gasteiger partial charge in [0.05, 0.1) is 0 Å². The molecule has 1 heterocycles. The number of nitrogens with two attached hydrogens (primary N) is 1. The van der Waals surface area contributed by atoms with Gasteiger partial charge in [0.25, 0.3) is 0 Å². The molecule has 1 aliphatic carbocycles. The summed E-state index contributed by atoms with van der Waals surface area (Å²) >= 11 is 0. The van der Waals surface area contributed by atoms with E-state index in [1.54, 1.807) is 0 Å². The third-order valence-corrected chi connectivity index (χ3v) is 3.42. The van der Waals surface area contributed by atoms with Gasteiger partial charge in [0, 0.05) is 12.6 Å². The summed E-state index contributed by atoms with van der Waals surface area (Å²) in [6.07, 6.45) is -0.342. The highest BCUT2D eigenvalue weighted by Gasteiger charge is 2.32. The molecular weight excluding hydrogens is 257 g/mol. The predicted molar refractivity (Wildman–Crippen MR) is 65.5 cm³/mol. The molecule has 2 rings (SSSR count). The van der Waals surface area contributed by atoms with Gasteiger partial charge in [0.1, 0.15) is 5.82 Å². The van der Waals surface area contributed by atoms with Crippen molar-refractivity contribution in [1.29, 1.82) is 0 Å². The van der Waals surface area contributed by atoms with Gasteiger partial charge in [0.15, 0.2) is 5.69 Å². The molecule has 0 saturated heterocycles. The second-order valence-corrected chi connectivity index (χ2v) is 4.96. The Bertz CT molecular complexity index is 396. The molecule has 4 nitrogen and oxygen atoms in total. The van der Waals surface area contributed by atoms with Gasteiger partial charge in [0.2, 0.25) is 0 Å². The summed E-state index contributed by atoms with van der Waals surface area (Å²) in [5.74, 6) is 0.881. The Hall–Kier alpha value is -1.37. The van der Waals surface area contributed by atoms with Crippen molar-refractivity contribution in [3.05, 3.63) is 17.8 Å². The zero-order valence-corrected chi connectivity index (χ0v) is 10.5. The summed E-state index contributed by atoms with van der Waals surface area (Å²) in [7, 11) is 0. The minimum Gasteiger partial charge on any atom is -0.368 e. The second kappa shape index (κ2) is 5.73. The van der Waals surface area contributed by atoms with Crippen molar-refractivity contribution < 1.29 is 13.2 Å². The minimum absolute atomic E-state index is 0.294. The first-order chi connectivity index (χ1) is 8.95. The van der Waals surface area contributed by atoms with Gasteiger partial charge in [-0.25, -0.2) is 0 Å². The standard InChI is InChI=1S/C12H17F3N4/c13-12(14,15)10-5-6-11(19-18-10)17-7-8-1-3-9(16)4-2-8/h5-6,8-9H,1-4,7,16H2,(H,17,19). The first-order valence-electron chi connectivity index (χ1n) is 6.35. The molecule has 1 aromatic heterocycles. The number of aromatic nitrogens is 2. The van der Waals surface area contributed by atoms with Crippen LogP contribution in [0.3, 0.4) is 0 Å². The number of halogens is 3. The number of nitrogens with zero attached hydrogens (tertiary/aromatic N) is 2. The summed E-state index contributed by atoms with van der Waals surface area (Å²) < 4.78 is 36.9. The Kier molecular flexibility index (Phi) is 4.24. The van der Waals surface area contributed by atoms with Crippen LogP contribution >= 0.6 is 0 Å². The van der Waals surface area contributed by atoms with Crippen LogP contribution in [-0.4, -0.2) is 22.8 Å². The van der Waals surface area contributed by atoms with E-state index in [4.69, 9.17) is 5.73 Å². The number of rotatable bonds is 3. The maximum Gasteiger partial charge on any atom is 0.435 e. The van der Waals surface area contributed by atoms with Crippen molar-refractivity contribution in [3.8, 4) is 0 Å². The topological polar surface area (TPSA) is 63.8 Å². The van der Waals surface area contributed by atoms with Crippen LogP contribution in [0.5, 0.6) is 0 Å². The highest BCUT2D eigenvalue weighted by atomic mass is 19.4. The molecule has 0 aliphatic heterocycles. The fraction of sp³-hybridized carbons (Fsp3) is 0.667. The number of hydrogen-bond acceptors (Lipinski definition) is 4. The average Bonchev–Trinajstić information content (AvgIpc) is 2.37. The summed E-state index contributed by atoms with van der Waals surface area (Å²) in [5, 5.41) is 9.73. The Labute approximate surface area is 109 Å². The minimum atomic E-state index is -4.44. The lowest BCUT2D eigenvalue weighted by molar-refractivity contribution is -0.141. The molecule has 0 bridgehead atoms. The Balaban J connectivity index is 1.83. The van der Waals surface area contributed by atoms with Crippen LogP contribution in [0.25, 0.3) is 0 Å². The molecule has 1 aromatic rings. The molecule has 106 valence electrons. The molecule has 0 spiro atoms. The van der Waals surface area contributed by atoms with Gasteiger partial charge in [-0.2, -0.15) is 13.2 Å². The monoisotopic (exact) mass is 274 g/mol. The van der Waals surface area contributed by atoms with Crippen LogP contribution in [0.2, 0.25) is 0 Å². The van der Waals surface area contributed by atoms with Crippen LogP contribution in [0, 0.1) is 5.92 Å². The number of nitrogens with one attached hydrogen (secondary N) is 1. The third kappa shape index (κ3) is 4.05. The van der Waals surface area contributed by atoms with E-state index in [0.29, 0.717) is 24.3 Å². The van der Waals surface area contributed by atoms with E-state index in [9.17, 15) is 13.2 Å². The van der Waals surface area contributed by atoms with Crippen LogP contribution in [-0.2, 0) is 6.18 Å². The van der Waals surface area contributed by atoms with Gasteiger partial charge in [-0.15, -0.1) is 10.2 Å². The van der Waals surface area contributed by atoms with Gasteiger partial charge in [-0.05, 0) is 43.7 Å². The molecule has 1 saturated carbocycles. The second-order valence-electron chi connectivity index (χ2n) is 4.96. The van der Waals surface area contributed by atoms with Crippen molar-refractivity contribution in [3.63, 3.8) is 0 Å². The van der Waals surface area contributed by atoms with Gasteiger partial charge in [-0.1, -0.05) is 0 Å². The summed E-state index contributed by atoms with van der Waals surface area (Å²) in [6, 6.07) is 2.54. The van der Waals surface area contributed by atoms with E-state index in [2.05, 4.69) is 15.5 Å². The van der Waals surface area contributed by atoms with Gasteiger partial charge < -0.3 is 11.1 Å². The fourth-order valence-electron chi connectivity index (χ4n) is 2.22. The van der Waals surface area contributed by atoms with Crippen molar-refractivity contribution >= 4 is 5.82 Å². The summed E-state index contributed by atoms with van der Waals surface area (Å²) in [5.41, 5.74) is 4.84. The van der Waals surface area contributed by atoms with E-state index in [1.807, 2.05) is 0 Å². The van der Waals surface area contributed by atoms with E-state index in [1.165, 1.54) is 6.07 Å². The average molecular weight is 274 g/mol. The molecule has 0 amide bonds. The fourth-order valence-corrected chi connectivity index (χ4v) is 2.22. The van der Waals surface area contributed by atoms with E-state index >= 15 is 0 Å². The highest BCUT2D eigenvalue weighted by molar-refractivity contribution is 5.33. The number of alkyl halides is 3. The molecular formula is C12H17F3N4. The lowest BCUT2D eigenvalue weighted by atomic mass is 9.86. The molecule has 3 N–H and O–H groups in total. The molecule has 0 radical (unpaired) electrons. The zero-order chi connectivity index (χ0) is 13.9. The summed E-state index contributed by atoms with van der Waals surface area (Å²) in [4.78, 5) is 0. The highest BCUT2D eigenvalue weighted by Crippen LogP contribution is 2.27. The lowest BCUT2D eigenvalue weighted by Crippen LogP contribution is -2.29. The van der Waals surface area contributed by atoms with Crippen LogP contribution < -0.4 is 11.1 Å². The number of hydrogen-bond donors (Lipinski definition) is 2. The number of anilines is 1. The SMILES string of the molecule is NC1CCC(CNc2ccc(C(F)(F)F)nn2)CC1. The van der Waals surface area contributed by atoms with Gasteiger partial charge in [-0.3, -0.25) is 0 Å². The van der Waals surface area contributed by atoms with Gasteiger partial charge >= 0.3 is 6.18 Å². The van der Waals surface area contributed by atoms with Crippen LogP contribution in [0.4, 0.5) is 19.0 Å². The molecule has 1 aliphatic rings. The maximum absolute atomic E-state index is 12.3. The first kappa shape index (κ1) is 14.0. The van der Waals surface area contributed by atoms with Crippen molar-refractivity contribution in [2.24, 2.45) is 11.7 Å². The molecule has 0 unspecified atom stereocenters. The molecule has 0 atom stereocenters. The van der Waals surface area contributed by atoms with E-state index in [0.717, 1.165) is 31.7 Å². The van der Waals surface area contributed by atoms with E-state index < -0.39 is 11.9 Å². The maximum atomic E-state index is 12.3. The largest absolute Gasteiger partial charge is 0.435 e. The normalized spacial score (nSPS) is 24.2. The summed E-state index contributed by atoms with van der Waals surface area (Å²) in [6.45, 7) is 0.701. The van der Waals surface area contributed by atoms with Crippen molar-refractivity contribution in [2.75, 3.05) is 11.9 Å². The lowest BCUT2D eigenvalue weighted by Gasteiger charge is -2.26. The predicted octanol–water partition coefficient (Wildman–Crippen LogP) is 2.42. The smallest absolute Gasteiger partial charge is 0.368 e. The Morgan fingerprint density at radius 3 is 2.37 bits per heavy atom. The van der Waals surface area contributed by atoms with Crippen molar-refractivity contribution in [2.45, 2.75) is 37.9 Å². The third-order valence-electron chi connectivity index (χ3n) is 3.42. The van der Waals surface area contributed by atoms with Crippen molar-refractivity contribution in [1.82, 2.24) is 10.2 Å². The van der Waals surface area contributed by atoms with Crippen LogP contribution in [0.15, 0.2) is 12.1 Å². The Morgan fingerprint density at radius 2 is 1.84 bits per heavy atom. The molecule has 19 heavy (non-hydrogen) atoms. The molecule has 7 heteroatoms. The Morgan fingerprint density at radius 1 is 1.16 bits per heavy atom. The zero-order valence-electron chi connectivity index (χ0n) is 10.5. The van der Waals surface area contributed by atoms with Crippen LogP contribution in [0.1, 0.15) is 31.4 Å². The quantitative estimate of drug-likeness (QED) is 0.888. The van der Waals surface area contributed by atoms with E-state index in [-0.39, 0.29) is 0 Å².